The van der Waals surface area contributed by atoms with Crippen LogP contribution in [0.4, 0.5) is 10.5 Å². The minimum Gasteiger partial charge on any atom is -0.465 e. The van der Waals surface area contributed by atoms with Gasteiger partial charge in [-0.05, 0) is 59.5 Å². The molecule has 1 aliphatic heterocycles. The van der Waals surface area contributed by atoms with Gasteiger partial charge in [-0.1, -0.05) is 54.1 Å². The lowest BCUT2D eigenvalue weighted by Gasteiger charge is -2.26. The van der Waals surface area contributed by atoms with Gasteiger partial charge in [0.05, 0.1) is 18.4 Å². The summed E-state index contributed by atoms with van der Waals surface area (Å²) in [7, 11) is 1.25. The van der Waals surface area contributed by atoms with Gasteiger partial charge >= 0.3 is 12.0 Å². The number of barbiturate groups is 1. The topological polar surface area (TPSA) is 92.8 Å². The molecule has 4 rings (SSSR count). The van der Waals surface area contributed by atoms with Gasteiger partial charge in [-0.15, -0.1) is 0 Å². The molecule has 0 spiro atoms. The Bertz CT molecular complexity index is 1310. The van der Waals surface area contributed by atoms with Crippen molar-refractivity contribution >= 4 is 47.2 Å². The van der Waals surface area contributed by atoms with Crippen molar-refractivity contribution in [2.75, 3.05) is 12.0 Å². The van der Waals surface area contributed by atoms with Crippen molar-refractivity contribution in [1.29, 1.82) is 0 Å². The van der Waals surface area contributed by atoms with Crippen molar-refractivity contribution in [2.45, 2.75) is 6.42 Å². The smallest absolute Gasteiger partial charge is 0.337 e. The number of imide groups is 2. The Hall–Kier alpha value is -4.23. The fourth-order valence-electron chi connectivity index (χ4n) is 3.52. The zero-order chi connectivity index (χ0) is 24.2. The highest BCUT2D eigenvalue weighted by Gasteiger charge is 2.36. The first-order valence-electron chi connectivity index (χ1n) is 10.3. The molecule has 1 aliphatic rings. The van der Waals surface area contributed by atoms with E-state index in [1.807, 2.05) is 36.4 Å². The first kappa shape index (κ1) is 22.9. The summed E-state index contributed by atoms with van der Waals surface area (Å²) in [4.78, 5) is 50.3. The summed E-state index contributed by atoms with van der Waals surface area (Å²) >= 11 is 6.23. The first-order chi connectivity index (χ1) is 16.4. The van der Waals surface area contributed by atoms with E-state index < -0.39 is 23.8 Å². The molecular weight excluding hydrogens is 456 g/mol. The van der Waals surface area contributed by atoms with E-state index >= 15 is 0 Å². The minimum atomic E-state index is -0.868. The molecule has 8 heteroatoms. The highest BCUT2D eigenvalue weighted by atomic mass is 35.5. The standard InChI is InChI=1S/C26H19ClN2O5/c1-34-25(32)18-10-12-20(13-11-18)29-24(31)21(23(30)28-26(29)33)15-17-8-6-16(7-9-17)14-19-4-2-3-5-22(19)27/h2-13,15H,14H2,1H3,(H,28,30,33)/b21-15+. The van der Waals surface area contributed by atoms with Crippen molar-refractivity contribution < 1.29 is 23.9 Å². The number of anilines is 1. The van der Waals surface area contributed by atoms with E-state index in [-0.39, 0.29) is 16.8 Å². The number of halogens is 1. The molecule has 170 valence electrons. The van der Waals surface area contributed by atoms with Crippen LogP contribution in [-0.4, -0.2) is 30.9 Å². The van der Waals surface area contributed by atoms with Crippen molar-refractivity contribution in [3.8, 4) is 0 Å². The summed E-state index contributed by atoms with van der Waals surface area (Å²) in [6.07, 6.45) is 2.07. The lowest BCUT2D eigenvalue weighted by atomic mass is 10.0. The normalized spacial score (nSPS) is 14.8. The Kier molecular flexibility index (Phi) is 6.56. The lowest BCUT2D eigenvalue weighted by molar-refractivity contribution is -0.122. The summed E-state index contributed by atoms with van der Waals surface area (Å²) in [5.74, 6) is -2.09. The van der Waals surface area contributed by atoms with Crippen LogP contribution in [0.5, 0.6) is 0 Å². The third kappa shape index (κ3) is 4.74. The summed E-state index contributed by atoms with van der Waals surface area (Å²) in [5.41, 5.74) is 2.91. The Morgan fingerprint density at radius 3 is 2.29 bits per heavy atom. The average molecular weight is 475 g/mol. The highest BCUT2D eigenvalue weighted by molar-refractivity contribution is 6.39. The second-order valence-corrected chi connectivity index (χ2v) is 7.91. The number of nitrogens with zero attached hydrogens (tertiary/aromatic N) is 1. The molecule has 4 amide bonds. The Morgan fingerprint density at radius 1 is 0.971 bits per heavy atom. The number of nitrogens with one attached hydrogen (secondary N) is 1. The molecule has 0 unspecified atom stereocenters. The van der Waals surface area contributed by atoms with Crippen molar-refractivity contribution in [2.24, 2.45) is 0 Å². The molecule has 3 aromatic rings. The second-order valence-electron chi connectivity index (χ2n) is 7.51. The van der Waals surface area contributed by atoms with Gasteiger partial charge in [0.25, 0.3) is 11.8 Å². The third-order valence-electron chi connectivity index (χ3n) is 5.29. The van der Waals surface area contributed by atoms with E-state index in [2.05, 4.69) is 10.1 Å². The van der Waals surface area contributed by atoms with Crippen LogP contribution in [0.25, 0.3) is 6.08 Å². The summed E-state index contributed by atoms with van der Waals surface area (Å²) in [6.45, 7) is 0. The second kappa shape index (κ2) is 9.72. The van der Waals surface area contributed by atoms with Gasteiger partial charge < -0.3 is 4.74 Å². The number of hydrogen-bond donors (Lipinski definition) is 1. The molecular formula is C26H19ClN2O5. The number of urea groups is 1. The summed E-state index contributed by atoms with van der Waals surface area (Å²) in [6, 6.07) is 19.8. The molecule has 0 atom stereocenters. The average Bonchev–Trinajstić information content (AvgIpc) is 2.84. The first-order valence-corrected chi connectivity index (χ1v) is 10.7. The number of amides is 4. The maximum absolute atomic E-state index is 13.0. The largest absolute Gasteiger partial charge is 0.465 e. The monoisotopic (exact) mass is 474 g/mol. The van der Waals surface area contributed by atoms with Crippen molar-refractivity contribution in [3.63, 3.8) is 0 Å². The quantitative estimate of drug-likeness (QED) is 0.336. The fraction of sp³-hybridized carbons (Fsp3) is 0.0769. The number of carbonyl (C=O) groups excluding carboxylic acids is 4. The maximum atomic E-state index is 13.0. The van der Waals surface area contributed by atoms with Gasteiger partial charge in [-0.2, -0.15) is 0 Å². The molecule has 0 radical (unpaired) electrons. The van der Waals surface area contributed by atoms with Crippen LogP contribution in [0.3, 0.4) is 0 Å². The van der Waals surface area contributed by atoms with Crippen LogP contribution >= 0.6 is 11.6 Å². The van der Waals surface area contributed by atoms with E-state index in [0.717, 1.165) is 16.0 Å². The number of rotatable bonds is 5. The van der Waals surface area contributed by atoms with Gasteiger partial charge in [-0.3, -0.25) is 14.9 Å². The van der Waals surface area contributed by atoms with E-state index in [1.165, 1.54) is 37.5 Å². The number of hydrogen-bond acceptors (Lipinski definition) is 5. The fourth-order valence-corrected chi connectivity index (χ4v) is 3.72. The number of carbonyl (C=O) groups is 4. The predicted octanol–water partition coefficient (Wildman–Crippen LogP) is 4.38. The number of esters is 1. The molecule has 1 fully saturated rings. The molecule has 0 aromatic heterocycles. The van der Waals surface area contributed by atoms with Crippen LogP contribution in [0.15, 0.2) is 78.4 Å². The SMILES string of the molecule is COC(=O)c1ccc(N2C(=O)NC(=O)/C(=C\c3ccc(Cc4ccccc4Cl)cc3)C2=O)cc1. The molecule has 7 nitrogen and oxygen atoms in total. The molecule has 1 N–H and O–H groups in total. The van der Waals surface area contributed by atoms with Crippen LogP contribution in [0, 0.1) is 0 Å². The predicted molar refractivity (Wildman–Crippen MR) is 127 cm³/mol. The molecule has 1 saturated heterocycles. The van der Waals surface area contributed by atoms with E-state index in [0.29, 0.717) is 17.0 Å². The summed E-state index contributed by atoms with van der Waals surface area (Å²) in [5, 5.41) is 2.86. The molecule has 3 aromatic carbocycles. The highest BCUT2D eigenvalue weighted by Crippen LogP contribution is 2.24. The zero-order valence-corrected chi connectivity index (χ0v) is 18.8. The molecule has 34 heavy (non-hydrogen) atoms. The van der Waals surface area contributed by atoms with Crippen LogP contribution in [-0.2, 0) is 20.7 Å². The molecule has 0 aliphatic carbocycles. The molecule has 1 heterocycles. The van der Waals surface area contributed by atoms with Crippen LogP contribution in [0.1, 0.15) is 27.0 Å². The Balaban J connectivity index is 1.57. The van der Waals surface area contributed by atoms with E-state index in [1.54, 1.807) is 12.1 Å². The Labute approximate surface area is 200 Å². The van der Waals surface area contributed by atoms with Gasteiger partial charge in [0, 0.05) is 5.02 Å². The Morgan fingerprint density at radius 2 is 1.65 bits per heavy atom. The molecule has 0 bridgehead atoms. The summed E-state index contributed by atoms with van der Waals surface area (Å²) < 4.78 is 4.65. The third-order valence-corrected chi connectivity index (χ3v) is 5.66. The van der Waals surface area contributed by atoms with Crippen LogP contribution < -0.4 is 10.2 Å². The van der Waals surface area contributed by atoms with Crippen LogP contribution in [0.2, 0.25) is 5.02 Å². The van der Waals surface area contributed by atoms with Gasteiger partial charge in [-0.25, -0.2) is 14.5 Å². The number of ether oxygens (including phenoxy) is 1. The van der Waals surface area contributed by atoms with E-state index in [4.69, 9.17) is 11.6 Å². The maximum Gasteiger partial charge on any atom is 0.337 e. The van der Waals surface area contributed by atoms with Gasteiger partial charge in [0.15, 0.2) is 0 Å². The molecule has 0 saturated carbocycles. The van der Waals surface area contributed by atoms with Crippen molar-refractivity contribution in [3.05, 3.63) is 106 Å². The van der Waals surface area contributed by atoms with E-state index in [9.17, 15) is 19.2 Å². The van der Waals surface area contributed by atoms with Crippen molar-refractivity contribution in [1.82, 2.24) is 5.32 Å². The lowest BCUT2D eigenvalue weighted by Crippen LogP contribution is -2.54. The van der Waals surface area contributed by atoms with Gasteiger partial charge in [0.2, 0.25) is 0 Å². The number of methoxy groups -OCH3 is 1. The minimum absolute atomic E-state index is 0.185. The van der Waals surface area contributed by atoms with Gasteiger partial charge in [0.1, 0.15) is 5.57 Å². The zero-order valence-electron chi connectivity index (χ0n) is 18.1. The number of benzene rings is 3.